The number of rotatable bonds is 6. The lowest BCUT2D eigenvalue weighted by Gasteiger charge is -2.27. The first-order valence-electron chi connectivity index (χ1n) is 6.25. The summed E-state index contributed by atoms with van der Waals surface area (Å²) in [6, 6.07) is 4.32. The molecule has 0 saturated heterocycles. The van der Waals surface area contributed by atoms with Gasteiger partial charge in [0.15, 0.2) is 0 Å². The largest absolute Gasteiger partial charge is 0.389 e. The number of nitrogens with zero attached hydrogens (tertiary/aromatic N) is 2. The summed E-state index contributed by atoms with van der Waals surface area (Å²) in [5, 5.41) is 20.7. The molecule has 1 atom stereocenters. The molecule has 7 heteroatoms. The molecule has 0 radical (unpaired) electrons. The minimum absolute atomic E-state index is 0.105. The number of amides is 1. The van der Waals surface area contributed by atoms with Crippen molar-refractivity contribution < 1.29 is 14.8 Å². The number of benzene rings is 1. The summed E-state index contributed by atoms with van der Waals surface area (Å²) in [5.41, 5.74) is 5.79. The SMILES string of the molecule is CC(C)N(CC(N)=O)c1ccc([C@H](C)O)cc1[N+](=O)[O-]. The van der Waals surface area contributed by atoms with Crippen molar-refractivity contribution in [3.63, 3.8) is 0 Å². The third-order valence-corrected chi connectivity index (χ3v) is 2.94. The maximum absolute atomic E-state index is 11.2. The highest BCUT2D eigenvalue weighted by atomic mass is 16.6. The third kappa shape index (κ3) is 3.67. The van der Waals surface area contributed by atoms with Crippen molar-refractivity contribution in [3.8, 4) is 0 Å². The zero-order chi connectivity index (χ0) is 15.4. The van der Waals surface area contributed by atoms with Gasteiger partial charge in [-0.2, -0.15) is 0 Å². The average Bonchev–Trinajstić information content (AvgIpc) is 2.34. The monoisotopic (exact) mass is 281 g/mol. The van der Waals surface area contributed by atoms with E-state index in [1.807, 2.05) is 13.8 Å². The lowest BCUT2D eigenvalue weighted by molar-refractivity contribution is -0.384. The van der Waals surface area contributed by atoms with Gasteiger partial charge >= 0.3 is 0 Å². The molecule has 1 aromatic carbocycles. The molecule has 0 heterocycles. The molecule has 3 N–H and O–H groups in total. The zero-order valence-corrected chi connectivity index (χ0v) is 11.7. The minimum Gasteiger partial charge on any atom is -0.389 e. The lowest BCUT2D eigenvalue weighted by atomic mass is 10.1. The quantitative estimate of drug-likeness (QED) is 0.604. The van der Waals surface area contributed by atoms with E-state index in [2.05, 4.69) is 0 Å². The molecule has 110 valence electrons. The van der Waals surface area contributed by atoms with Gasteiger partial charge in [0.1, 0.15) is 5.69 Å². The molecule has 0 unspecified atom stereocenters. The molecule has 0 saturated carbocycles. The van der Waals surface area contributed by atoms with Crippen LogP contribution in [-0.2, 0) is 4.79 Å². The summed E-state index contributed by atoms with van der Waals surface area (Å²) < 4.78 is 0. The number of aliphatic hydroxyl groups is 1. The van der Waals surface area contributed by atoms with Crippen LogP contribution in [0.15, 0.2) is 18.2 Å². The van der Waals surface area contributed by atoms with Crippen LogP contribution < -0.4 is 10.6 Å². The summed E-state index contributed by atoms with van der Waals surface area (Å²) in [5.74, 6) is -0.562. The summed E-state index contributed by atoms with van der Waals surface area (Å²) in [6.45, 7) is 5.05. The van der Waals surface area contributed by atoms with E-state index in [0.717, 1.165) is 0 Å². The first-order chi connectivity index (χ1) is 9.23. The van der Waals surface area contributed by atoms with Crippen LogP contribution in [0, 0.1) is 10.1 Å². The van der Waals surface area contributed by atoms with Gasteiger partial charge in [-0.1, -0.05) is 6.07 Å². The van der Waals surface area contributed by atoms with Crippen molar-refractivity contribution in [1.82, 2.24) is 0 Å². The summed E-state index contributed by atoms with van der Waals surface area (Å²) in [4.78, 5) is 23.3. The fourth-order valence-corrected chi connectivity index (χ4v) is 1.90. The fraction of sp³-hybridized carbons (Fsp3) is 0.462. The maximum Gasteiger partial charge on any atom is 0.292 e. The Hall–Kier alpha value is -2.15. The summed E-state index contributed by atoms with van der Waals surface area (Å²) in [6.07, 6.45) is -0.800. The highest BCUT2D eigenvalue weighted by Gasteiger charge is 2.23. The van der Waals surface area contributed by atoms with Gasteiger partial charge in [-0.25, -0.2) is 0 Å². The Labute approximate surface area is 117 Å². The van der Waals surface area contributed by atoms with Gasteiger partial charge in [0.05, 0.1) is 17.6 Å². The van der Waals surface area contributed by atoms with Gasteiger partial charge in [0.2, 0.25) is 5.91 Å². The molecule has 1 aromatic rings. The van der Waals surface area contributed by atoms with E-state index >= 15 is 0 Å². The Morgan fingerprint density at radius 1 is 1.45 bits per heavy atom. The van der Waals surface area contributed by atoms with E-state index in [1.165, 1.54) is 19.1 Å². The second-order valence-electron chi connectivity index (χ2n) is 4.87. The number of nitro groups is 1. The Balaban J connectivity index is 3.33. The lowest BCUT2D eigenvalue weighted by Crippen LogP contribution is -2.39. The van der Waals surface area contributed by atoms with Gasteiger partial charge in [0, 0.05) is 12.1 Å². The van der Waals surface area contributed by atoms with Crippen LogP contribution in [0.25, 0.3) is 0 Å². The Morgan fingerprint density at radius 3 is 2.45 bits per heavy atom. The molecule has 0 aromatic heterocycles. The van der Waals surface area contributed by atoms with Crippen molar-refractivity contribution in [2.75, 3.05) is 11.4 Å². The van der Waals surface area contributed by atoms with Crippen molar-refractivity contribution in [3.05, 3.63) is 33.9 Å². The predicted octanol–water partition coefficient (Wildman–Crippen LogP) is 1.35. The van der Waals surface area contributed by atoms with Crippen molar-refractivity contribution in [2.24, 2.45) is 5.73 Å². The molecule has 1 amide bonds. The van der Waals surface area contributed by atoms with E-state index in [4.69, 9.17) is 5.73 Å². The van der Waals surface area contributed by atoms with Crippen LogP contribution in [0.1, 0.15) is 32.4 Å². The number of aliphatic hydroxyl groups excluding tert-OH is 1. The number of nitrogens with two attached hydrogens (primary N) is 1. The van der Waals surface area contributed by atoms with Gasteiger partial charge in [-0.3, -0.25) is 14.9 Å². The molecular weight excluding hydrogens is 262 g/mol. The van der Waals surface area contributed by atoms with Crippen LogP contribution in [0.5, 0.6) is 0 Å². The second kappa shape index (κ2) is 6.33. The summed E-state index contributed by atoms with van der Waals surface area (Å²) >= 11 is 0. The van der Waals surface area contributed by atoms with Crippen molar-refractivity contribution in [1.29, 1.82) is 0 Å². The first-order valence-corrected chi connectivity index (χ1v) is 6.25. The van der Waals surface area contributed by atoms with E-state index in [0.29, 0.717) is 11.3 Å². The normalized spacial score (nSPS) is 12.2. The van der Waals surface area contributed by atoms with Crippen molar-refractivity contribution >= 4 is 17.3 Å². The second-order valence-corrected chi connectivity index (χ2v) is 4.87. The predicted molar refractivity (Wildman–Crippen MR) is 75.4 cm³/mol. The van der Waals surface area contributed by atoms with Gasteiger partial charge in [-0.05, 0) is 32.4 Å². The van der Waals surface area contributed by atoms with Crippen LogP contribution in [-0.4, -0.2) is 28.5 Å². The molecule has 0 aliphatic carbocycles. The molecular formula is C13H19N3O4. The molecule has 0 bridgehead atoms. The smallest absolute Gasteiger partial charge is 0.292 e. The fourth-order valence-electron chi connectivity index (χ4n) is 1.90. The van der Waals surface area contributed by atoms with Gasteiger partial charge in [-0.15, -0.1) is 0 Å². The number of carbonyl (C=O) groups is 1. The van der Waals surface area contributed by atoms with Crippen LogP contribution in [0.3, 0.4) is 0 Å². The molecule has 7 nitrogen and oxygen atoms in total. The standard InChI is InChI=1S/C13H19N3O4/c1-8(2)15(7-13(14)18)11-5-4-10(9(3)17)6-12(11)16(19)20/h4-6,8-9,17H,7H2,1-3H3,(H2,14,18)/t9-/m0/s1. The van der Waals surface area contributed by atoms with Gasteiger partial charge in [0.25, 0.3) is 5.69 Å². The highest BCUT2D eigenvalue weighted by molar-refractivity contribution is 5.81. The molecule has 0 fully saturated rings. The van der Waals surface area contributed by atoms with E-state index in [1.54, 1.807) is 11.0 Å². The number of hydrogen-bond donors (Lipinski definition) is 2. The Bertz CT molecular complexity index is 514. The molecule has 20 heavy (non-hydrogen) atoms. The van der Waals surface area contributed by atoms with Crippen LogP contribution >= 0.6 is 0 Å². The topological polar surface area (TPSA) is 110 Å². The van der Waals surface area contributed by atoms with E-state index < -0.39 is 16.9 Å². The highest BCUT2D eigenvalue weighted by Crippen LogP contribution is 2.32. The Kier molecular flexibility index (Phi) is 5.04. The minimum atomic E-state index is -0.800. The molecule has 0 aliphatic rings. The molecule has 1 rings (SSSR count). The van der Waals surface area contributed by atoms with Crippen LogP contribution in [0.2, 0.25) is 0 Å². The third-order valence-electron chi connectivity index (χ3n) is 2.94. The number of nitro benzene ring substituents is 1. The summed E-state index contributed by atoms with van der Waals surface area (Å²) in [7, 11) is 0. The number of hydrogen-bond acceptors (Lipinski definition) is 5. The molecule has 0 spiro atoms. The number of primary amides is 1. The Morgan fingerprint density at radius 2 is 2.05 bits per heavy atom. The zero-order valence-electron chi connectivity index (χ0n) is 11.7. The number of anilines is 1. The van der Waals surface area contributed by atoms with Gasteiger partial charge < -0.3 is 15.7 Å². The first kappa shape index (κ1) is 15.9. The van der Waals surface area contributed by atoms with E-state index in [9.17, 15) is 20.0 Å². The number of carbonyl (C=O) groups excluding carboxylic acids is 1. The maximum atomic E-state index is 11.2. The van der Waals surface area contributed by atoms with E-state index in [-0.39, 0.29) is 18.3 Å². The average molecular weight is 281 g/mol. The van der Waals surface area contributed by atoms with Crippen molar-refractivity contribution in [2.45, 2.75) is 32.9 Å². The van der Waals surface area contributed by atoms with Crippen LogP contribution in [0.4, 0.5) is 11.4 Å². The molecule has 0 aliphatic heterocycles.